The summed E-state index contributed by atoms with van der Waals surface area (Å²) in [6, 6.07) is 0. The molecule has 0 aromatic carbocycles. The van der Waals surface area contributed by atoms with Crippen LogP contribution in [0.1, 0.15) is 36.9 Å². The predicted octanol–water partition coefficient (Wildman–Crippen LogP) is 2.29. The molecule has 2 rings (SSSR count). The summed E-state index contributed by atoms with van der Waals surface area (Å²) in [6.45, 7) is 8.76. The van der Waals surface area contributed by atoms with Gasteiger partial charge in [-0.2, -0.15) is 0 Å². The van der Waals surface area contributed by atoms with Crippen molar-refractivity contribution in [3.05, 3.63) is 16.1 Å². The van der Waals surface area contributed by atoms with Crippen molar-refractivity contribution in [1.82, 2.24) is 14.8 Å². The monoisotopic (exact) mass is 281 g/mol. The largest absolute Gasteiger partial charge is 0.340 e. The van der Waals surface area contributed by atoms with Crippen LogP contribution in [-0.4, -0.2) is 46.9 Å². The Hall–Kier alpha value is -0.940. The molecule has 4 nitrogen and oxygen atoms in total. The van der Waals surface area contributed by atoms with Crippen LogP contribution >= 0.6 is 11.3 Å². The average molecular weight is 281 g/mol. The molecule has 0 saturated carbocycles. The normalized spacial score (nSPS) is 16.8. The van der Waals surface area contributed by atoms with Gasteiger partial charge in [-0.25, -0.2) is 4.98 Å². The highest BCUT2D eigenvalue weighted by Gasteiger charge is 2.21. The Morgan fingerprint density at radius 2 is 2.11 bits per heavy atom. The molecule has 2 heterocycles. The number of unbranched alkanes of at least 4 members (excludes halogenated alkanes) is 1. The summed E-state index contributed by atoms with van der Waals surface area (Å²) in [5.41, 5.74) is 1.10. The van der Waals surface area contributed by atoms with Crippen LogP contribution in [-0.2, 0) is 11.3 Å². The summed E-state index contributed by atoms with van der Waals surface area (Å²) in [6.07, 6.45) is 2.81. The number of carbonyl (C=O) groups excluding carboxylic acids is 1. The fraction of sp³-hybridized carbons (Fsp3) is 0.714. The summed E-state index contributed by atoms with van der Waals surface area (Å²) < 4.78 is 0. The first kappa shape index (κ1) is 14.5. The summed E-state index contributed by atoms with van der Waals surface area (Å²) >= 11 is 1.73. The summed E-state index contributed by atoms with van der Waals surface area (Å²) in [5.74, 6) is 0.326. The SMILES string of the molecule is CCCCC(=O)N1CCN(Cc2nc(C)cs2)CC1. The highest BCUT2D eigenvalue weighted by molar-refractivity contribution is 7.09. The van der Waals surface area contributed by atoms with E-state index >= 15 is 0 Å². The molecule has 1 fully saturated rings. The van der Waals surface area contributed by atoms with Crippen LogP contribution in [0.25, 0.3) is 0 Å². The smallest absolute Gasteiger partial charge is 0.222 e. The fourth-order valence-corrected chi connectivity index (χ4v) is 3.12. The number of nitrogens with zero attached hydrogens (tertiary/aromatic N) is 3. The van der Waals surface area contributed by atoms with Crippen LogP contribution in [0.2, 0.25) is 0 Å². The molecule has 0 radical (unpaired) electrons. The standard InChI is InChI=1S/C14H23N3OS/c1-3-4-5-14(18)17-8-6-16(7-9-17)10-13-15-12(2)11-19-13/h11H,3-10H2,1-2H3. The van der Waals surface area contributed by atoms with E-state index in [2.05, 4.69) is 22.2 Å². The number of amides is 1. The lowest BCUT2D eigenvalue weighted by Gasteiger charge is -2.34. The van der Waals surface area contributed by atoms with Crippen molar-refractivity contribution in [1.29, 1.82) is 0 Å². The third-order valence-corrected chi connectivity index (χ3v) is 4.45. The Bertz CT molecular complexity index is 411. The zero-order chi connectivity index (χ0) is 13.7. The lowest BCUT2D eigenvalue weighted by atomic mass is 10.2. The Kier molecular flexibility index (Phi) is 5.34. The van der Waals surface area contributed by atoms with Gasteiger partial charge in [-0.3, -0.25) is 9.69 Å². The maximum atomic E-state index is 11.9. The topological polar surface area (TPSA) is 36.4 Å². The molecule has 0 spiro atoms. The van der Waals surface area contributed by atoms with Gasteiger partial charge in [0.2, 0.25) is 5.91 Å². The Balaban J connectivity index is 1.74. The molecule has 0 aliphatic carbocycles. The minimum atomic E-state index is 0.326. The lowest BCUT2D eigenvalue weighted by molar-refractivity contribution is -0.133. The molecule has 19 heavy (non-hydrogen) atoms. The van der Waals surface area contributed by atoms with Crippen LogP contribution in [0.5, 0.6) is 0 Å². The van der Waals surface area contributed by atoms with Gasteiger partial charge in [-0.05, 0) is 13.3 Å². The molecule has 1 aromatic heterocycles. The molecule has 1 aliphatic rings. The zero-order valence-corrected chi connectivity index (χ0v) is 12.7. The molecule has 1 aromatic rings. The minimum absolute atomic E-state index is 0.326. The minimum Gasteiger partial charge on any atom is -0.340 e. The van der Waals surface area contributed by atoms with Gasteiger partial charge in [0.05, 0.1) is 6.54 Å². The first-order valence-electron chi connectivity index (χ1n) is 7.10. The summed E-state index contributed by atoms with van der Waals surface area (Å²) in [5, 5.41) is 3.28. The van der Waals surface area contributed by atoms with Crippen molar-refractivity contribution in [3.8, 4) is 0 Å². The second-order valence-corrected chi connectivity index (χ2v) is 6.09. The molecule has 0 N–H and O–H groups in total. The number of hydrogen-bond donors (Lipinski definition) is 0. The van der Waals surface area contributed by atoms with E-state index < -0.39 is 0 Å². The van der Waals surface area contributed by atoms with E-state index in [4.69, 9.17) is 0 Å². The zero-order valence-electron chi connectivity index (χ0n) is 11.9. The fourth-order valence-electron chi connectivity index (χ4n) is 2.31. The molecule has 1 saturated heterocycles. The first-order chi connectivity index (χ1) is 9.19. The Morgan fingerprint density at radius 3 is 2.68 bits per heavy atom. The number of rotatable bonds is 5. The van der Waals surface area contributed by atoms with Crippen molar-refractivity contribution < 1.29 is 4.79 Å². The van der Waals surface area contributed by atoms with E-state index in [1.54, 1.807) is 11.3 Å². The number of thiazole rings is 1. The van der Waals surface area contributed by atoms with Crippen LogP contribution in [0.15, 0.2) is 5.38 Å². The van der Waals surface area contributed by atoms with Crippen molar-refractivity contribution in [2.45, 2.75) is 39.7 Å². The van der Waals surface area contributed by atoms with Crippen molar-refractivity contribution >= 4 is 17.2 Å². The van der Waals surface area contributed by atoms with E-state index in [1.165, 1.54) is 5.01 Å². The van der Waals surface area contributed by atoms with Gasteiger partial charge in [0, 0.05) is 43.7 Å². The molecule has 1 amide bonds. The number of carbonyl (C=O) groups is 1. The van der Waals surface area contributed by atoms with Crippen LogP contribution < -0.4 is 0 Å². The highest BCUT2D eigenvalue weighted by Crippen LogP contribution is 2.13. The van der Waals surface area contributed by atoms with Crippen LogP contribution in [0, 0.1) is 6.92 Å². The van der Waals surface area contributed by atoms with Crippen molar-refractivity contribution in [2.75, 3.05) is 26.2 Å². The second-order valence-electron chi connectivity index (χ2n) is 5.14. The van der Waals surface area contributed by atoms with Gasteiger partial charge in [-0.1, -0.05) is 13.3 Å². The molecule has 0 atom stereocenters. The summed E-state index contributed by atoms with van der Waals surface area (Å²) in [7, 11) is 0. The molecular formula is C14H23N3OS. The van der Waals surface area contributed by atoms with Crippen molar-refractivity contribution in [2.24, 2.45) is 0 Å². The van der Waals surface area contributed by atoms with Gasteiger partial charge >= 0.3 is 0 Å². The molecule has 5 heteroatoms. The van der Waals surface area contributed by atoms with E-state index in [0.29, 0.717) is 12.3 Å². The lowest BCUT2D eigenvalue weighted by Crippen LogP contribution is -2.48. The average Bonchev–Trinajstić information content (AvgIpc) is 2.82. The van der Waals surface area contributed by atoms with Crippen molar-refractivity contribution in [3.63, 3.8) is 0 Å². The molecule has 0 unspecified atom stereocenters. The Labute approximate surface area is 119 Å². The van der Waals surface area contributed by atoms with Crippen LogP contribution in [0.4, 0.5) is 0 Å². The first-order valence-corrected chi connectivity index (χ1v) is 7.98. The molecule has 1 aliphatic heterocycles. The Morgan fingerprint density at radius 1 is 1.37 bits per heavy atom. The summed E-state index contributed by atoms with van der Waals surface area (Å²) in [4.78, 5) is 20.8. The van der Waals surface area contributed by atoms with Gasteiger partial charge in [-0.15, -0.1) is 11.3 Å². The van der Waals surface area contributed by atoms with Gasteiger partial charge < -0.3 is 4.90 Å². The maximum absolute atomic E-state index is 11.9. The quantitative estimate of drug-likeness (QED) is 0.831. The number of aromatic nitrogens is 1. The molecular weight excluding hydrogens is 258 g/mol. The van der Waals surface area contributed by atoms with E-state index in [1.807, 2.05) is 11.8 Å². The number of aryl methyl sites for hydroxylation is 1. The second kappa shape index (κ2) is 7.01. The molecule has 106 valence electrons. The van der Waals surface area contributed by atoms with E-state index in [0.717, 1.165) is 51.3 Å². The highest BCUT2D eigenvalue weighted by atomic mass is 32.1. The van der Waals surface area contributed by atoms with Gasteiger partial charge in [0.1, 0.15) is 5.01 Å². The van der Waals surface area contributed by atoms with E-state index in [-0.39, 0.29) is 0 Å². The third kappa shape index (κ3) is 4.28. The van der Waals surface area contributed by atoms with Gasteiger partial charge in [0.15, 0.2) is 0 Å². The maximum Gasteiger partial charge on any atom is 0.222 e. The third-order valence-electron chi connectivity index (χ3n) is 3.49. The van der Waals surface area contributed by atoms with Gasteiger partial charge in [0.25, 0.3) is 0 Å². The van der Waals surface area contributed by atoms with E-state index in [9.17, 15) is 4.79 Å². The van der Waals surface area contributed by atoms with Crippen LogP contribution in [0.3, 0.4) is 0 Å². The number of piperazine rings is 1. The number of hydrogen-bond acceptors (Lipinski definition) is 4. The predicted molar refractivity (Wildman–Crippen MR) is 78.2 cm³/mol. The molecule has 0 bridgehead atoms.